The van der Waals surface area contributed by atoms with Gasteiger partial charge in [0.2, 0.25) is 5.91 Å². The second-order valence-corrected chi connectivity index (χ2v) is 13.3. The lowest BCUT2D eigenvalue weighted by Crippen LogP contribution is -2.37. The van der Waals surface area contributed by atoms with E-state index in [0.29, 0.717) is 22.5 Å². The summed E-state index contributed by atoms with van der Waals surface area (Å²) in [5, 5.41) is 27.5. The molecule has 5 nitrogen and oxygen atoms in total. The lowest BCUT2D eigenvalue weighted by Gasteiger charge is -2.36. The number of aliphatic hydroxyl groups is 2. The lowest BCUT2D eigenvalue weighted by molar-refractivity contribution is -0.137. The molecule has 0 radical (unpaired) electrons. The fraction of sp³-hybridized carbons (Fsp3) is 0.633. The van der Waals surface area contributed by atoms with Crippen LogP contribution in [0.1, 0.15) is 64.4 Å². The molecule has 4 N–H and O–H groups in total. The highest BCUT2D eigenvalue weighted by Crippen LogP contribution is 2.65. The molecule has 0 bridgehead atoms. The van der Waals surface area contributed by atoms with Crippen molar-refractivity contribution in [3.05, 3.63) is 53.0 Å². The van der Waals surface area contributed by atoms with Crippen LogP contribution in [0.25, 0.3) is 0 Å². The number of carbonyl (C=O) groups is 1. The van der Waals surface area contributed by atoms with E-state index in [1.807, 2.05) is 11.8 Å². The Morgan fingerprint density at radius 2 is 2.00 bits per heavy atom. The van der Waals surface area contributed by atoms with Crippen LogP contribution in [0.2, 0.25) is 0 Å². The van der Waals surface area contributed by atoms with Crippen LogP contribution in [-0.2, 0) is 11.0 Å². The summed E-state index contributed by atoms with van der Waals surface area (Å²) in [5.74, 6) is 0.759. The van der Waals surface area contributed by atoms with Crippen LogP contribution in [-0.4, -0.2) is 39.7 Å². The number of carbonyl (C=O) groups excluding carboxylic acids is 1. The van der Waals surface area contributed by atoms with E-state index in [1.165, 1.54) is 23.5 Å². The van der Waals surface area contributed by atoms with Crippen molar-refractivity contribution in [2.24, 2.45) is 29.1 Å². The summed E-state index contributed by atoms with van der Waals surface area (Å²) < 4.78 is 38.7. The second-order valence-electron chi connectivity index (χ2n) is 12.1. The summed E-state index contributed by atoms with van der Waals surface area (Å²) in [6, 6.07) is 4.61. The van der Waals surface area contributed by atoms with Gasteiger partial charge in [0.25, 0.3) is 0 Å². The minimum Gasteiger partial charge on any atom is -0.385 e. The Morgan fingerprint density at radius 3 is 2.64 bits per heavy atom. The maximum atomic E-state index is 12.9. The first-order valence-electron chi connectivity index (χ1n) is 14.1. The number of nitrogens with one attached hydrogen (secondary N) is 2. The van der Waals surface area contributed by atoms with Crippen molar-refractivity contribution in [1.82, 2.24) is 5.32 Å². The quantitative estimate of drug-likeness (QED) is 0.204. The van der Waals surface area contributed by atoms with Crippen molar-refractivity contribution in [1.29, 1.82) is 0 Å². The Labute approximate surface area is 232 Å². The van der Waals surface area contributed by atoms with Crippen molar-refractivity contribution >= 4 is 23.4 Å². The number of allylic oxidation sites excluding steroid dienone is 3. The zero-order chi connectivity index (χ0) is 28.0. The average Bonchev–Trinajstić information content (AvgIpc) is 3.74. The van der Waals surface area contributed by atoms with Gasteiger partial charge in [0, 0.05) is 21.8 Å². The molecular formula is C30H39F3N2O3S. The molecule has 214 valence electrons. The number of fused-ring (bicyclic) bond motifs is 1. The Hall–Kier alpha value is -1.97. The van der Waals surface area contributed by atoms with Crippen molar-refractivity contribution < 1.29 is 28.2 Å². The van der Waals surface area contributed by atoms with E-state index < -0.39 is 23.6 Å². The van der Waals surface area contributed by atoms with Gasteiger partial charge in [0.05, 0.1) is 17.7 Å². The van der Waals surface area contributed by atoms with Crippen molar-refractivity contribution in [3.63, 3.8) is 0 Å². The van der Waals surface area contributed by atoms with Crippen LogP contribution in [0.5, 0.6) is 0 Å². The molecule has 3 fully saturated rings. The molecule has 4 aliphatic rings. The van der Waals surface area contributed by atoms with Gasteiger partial charge < -0.3 is 20.8 Å². The molecule has 1 heterocycles. The minimum atomic E-state index is -4.47. The molecule has 0 spiro atoms. The van der Waals surface area contributed by atoms with Crippen molar-refractivity contribution in [2.45, 2.75) is 82.0 Å². The van der Waals surface area contributed by atoms with Crippen LogP contribution in [0.4, 0.5) is 18.9 Å². The van der Waals surface area contributed by atoms with E-state index in [4.69, 9.17) is 0 Å². The number of halogens is 3. The maximum Gasteiger partial charge on any atom is 0.416 e. The van der Waals surface area contributed by atoms with E-state index in [0.717, 1.165) is 50.7 Å². The van der Waals surface area contributed by atoms with Gasteiger partial charge in [0.1, 0.15) is 6.23 Å². The maximum absolute atomic E-state index is 12.9. The summed E-state index contributed by atoms with van der Waals surface area (Å²) in [5.41, 5.74) is -1.01. The molecule has 0 saturated heterocycles. The number of aliphatic hydroxyl groups excluding tert-OH is 1. The zero-order valence-corrected chi connectivity index (χ0v) is 23.3. The summed E-state index contributed by atoms with van der Waals surface area (Å²) in [6.45, 7) is 4.26. The topological polar surface area (TPSA) is 81.6 Å². The molecule has 1 amide bonds. The molecular weight excluding hydrogens is 525 g/mol. The molecule has 1 aliphatic heterocycles. The third kappa shape index (κ3) is 6.35. The summed E-state index contributed by atoms with van der Waals surface area (Å²) in [6.07, 6.45) is 7.59. The van der Waals surface area contributed by atoms with Gasteiger partial charge in [-0.15, -0.1) is 11.8 Å². The number of anilines is 1. The Morgan fingerprint density at radius 1 is 1.26 bits per heavy atom. The van der Waals surface area contributed by atoms with Crippen molar-refractivity contribution in [2.75, 3.05) is 11.9 Å². The number of thioether (sulfide) groups is 1. The van der Waals surface area contributed by atoms with Crippen LogP contribution in [0, 0.1) is 29.1 Å². The number of hydrogen-bond acceptors (Lipinski definition) is 5. The smallest absolute Gasteiger partial charge is 0.385 e. The van der Waals surface area contributed by atoms with Gasteiger partial charge in [0.15, 0.2) is 0 Å². The van der Waals surface area contributed by atoms with E-state index in [-0.39, 0.29) is 30.0 Å². The zero-order valence-electron chi connectivity index (χ0n) is 22.5. The lowest BCUT2D eigenvalue weighted by atomic mass is 9.78. The van der Waals surface area contributed by atoms with E-state index >= 15 is 0 Å². The predicted molar refractivity (Wildman–Crippen MR) is 148 cm³/mol. The third-order valence-electron chi connectivity index (χ3n) is 9.16. The molecule has 39 heavy (non-hydrogen) atoms. The number of hydrogen-bond donors (Lipinski definition) is 4. The molecule has 0 aromatic heterocycles. The fourth-order valence-electron chi connectivity index (χ4n) is 6.44. The molecule has 1 aromatic rings. The molecule has 9 heteroatoms. The molecule has 5 rings (SSSR count). The Bertz CT molecular complexity index is 1130. The Kier molecular flexibility index (Phi) is 7.90. The fourth-order valence-corrected chi connectivity index (χ4v) is 8.29. The average molecular weight is 565 g/mol. The van der Waals surface area contributed by atoms with Crippen LogP contribution in [0.3, 0.4) is 0 Å². The van der Waals surface area contributed by atoms with Crippen LogP contribution in [0.15, 0.2) is 47.4 Å². The van der Waals surface area contributed by atoms with Gasteiger partial charge in [-0.1, -0.05) is 44.6 Å². The molecule has 6 atom stereocenters. The van der Waals surface area contributed by atoms with E-state index in [1.54, 1.807) is 0 Å². The first kappa shape index (κ1) is 28.6. The van der Waals surface area contributed by atoms with E-state index in [2.05, 4.69) is 42.7 Å². The largest absolute Gasteiger partial charge is 0.416 e. The van der Waals surface area contributed by atoms with Gasteiger partial charge in [-0.2, -0.15) is 13.2 Å². The van der Waals surface area contributed by atoms with Crippen LogP contribution >= 0.6 is 11.8 Å². The highest BCUT2D eigenvalue weighted by Gasteiger charge is 2.56. The third-order valence-corrected chi connectivity index (χ3v) is 10.9. The van der Waals surface area contributed by atoms with Crippen molar-refractivity contribution in [3.8, 4) is 0 Å². The molecule has 6 unspecified atom stereocenters. The highest BCUT2D eigenvalue weighted by atomic mass is 32.2. The van der Waals surface area contributed by atoms with Gasteiger partial charge in [-0.25, -0.2) is 0 Å². The second kappa shape index (κ2) is 10.8. The monoisotopic (exact) mass is 564 g/mol. The number of rotatable bonds is 10. The Balaban J connectivity index is 1.04. The van der Waals surface area contributed by atoms with E-state index in [9.17, 15) is 28.2 Å². The van der Waals surface area contributed by atoms with Gasteiger partial charge in [-0.05, 0) is 79.9 Å². The summed E-state index contributed by atoms with van der Waals surface area (Å²) in [4.78, 5) is 14.0. The standard InChI is InChI=1S/C30H39F3N2O3S/c1-3-21-22(9-4-6-18-10-12-29(38,13-11-18)24-16-28(2)15-23(28)39-24)26(21)27(37)34-17-25(36)35-20-8-5-7-19(14-20)30(31,32)33/h4-8,14,16,18,21-23,25-26,35-36,38H,3,9-13,15,17H2,1-2H3,(H,34,37). The summed E-state index contributed by atoms with van der Waals surface area (Å²) in [7, 11) is 0. The number of benzene rings is 1. The predicted octanol–water partition coefficient (Wildman–Crippen LogP) is 6.10. The molecule has 3 saturated carbocycles. The molecule has 3 aliphatic carbocycles. The molecule has 1 aromatic carbocycles. The minimum absolute atomic E-state index is 0.0931. The number of amides is 1. The summed E-state index contributed by atoms with van der Waals surface area (Å²) >= 11 is 1.88. The SMILES string of the molecule is CCC1C(CC=CC2CCC(O)(C3=CC4(C)CC4S3)CC2)C1C(=O)NCC(O)Nc1cccc(C(F)(F)F)c1. The first-order valence-corrected chi connectivity index (χ1v) is 15.0. The normalized spacial score (nSPS) is 36.3. The van der Waals surface area contributed by atoms with Gasteiger partial charge >= 0.3 is 6.18 Å². The van der Waals surface area contributed by atoms with Gasteiger partial charge in [-0.3, -0.25) is 4.79 Å². The first-order chi connectivity index (χ1) is 18.4. The van der Waals surface area contributed by atoms with Crippen LogP contribution < -0.4 is 10.6 Å². The number of alkyl halides is 3. The highest BCUT2D eigenvalue weighted by molar-refractivity contribution is 8.04.